The third kappa shape index (κ3) is 1.33. The van der Waals surface area contributed by atoms with Gasteiger partial charge in [0.25, 0.3) is 0 Å². The molecule has 4 nitrogen and oxygen atoms in total. The zero-order valence-electron chi connectivity index (χ0n) is 8.58. The average molecular weight is 207 g/mol. The summed E-state index contributed by atoms with van der Waals surface area (Å²) in [5, 5.41) is 3.35. The van der Waals surface area contributed by atoms with Crippen molar-refractivity contribution in [1.29, 1.82) is 0 Å². The standard InChI is InChI=1S/C11H13NO3/c1-13-9-4-7(8-2-3-12-8)5-10-11(9)15-6-14-10/h4-5,8,12H,2-3,6H2,1H3/t8-/m0/s1. The Bertz CT molecular complexity index is 388. The molecule has 0 unspecified atom stereocenters. The quantitative estimate of drug-likeness (QED) is 0.797. The van der Waals surface area contributed by atoms with Gasteiger partial charge in [-0.3, -0.25) is 0 Å². The van der Waals surface area contributed by atoms with Crippen molar-refractivity contribution in [2.45, 2.75) is 12.5 Å². The van der Waals surface area contributed by atoms with Gasteiger partial charge in [-0.1, -0.05) is 0 Å². The van der Waals surface area contributed by atoms with E-state index in [0.717, 1.165) is 23.8 Å². The molecule has 2 aliphatic rings. The summed E-state index contributed by atoms with van der Waals surface area (Å²) >= 11 is 0. The summed E-state index contributed by atoms with van der Waals surface area (Å²) in [6.45, 7) is 1.37. The van der Waals surface area contributed by atoms with Crippen LogP contribution in [0.15, 0.2) is 12.1 Å². The van der Waals surface area contributed by atoms with E-state index in [1.165, 1.54) is 12.0 Å². The van der Waals surface area contributed by atoms with Crippen LogP contribution in [0.2, 0.25) is 0 Å². The summed E-state index contributed by atoms with van der Waals surface area (Å²) < 4.78 is 16.0. The van der Waals surface area contributed by atoms with Gasteiger partial charge in [-0.25, -0.2) is 0 Å². The predicted molar refractivity (Wildman–Crippen MR) is 54.5 cm³/mol. The van der Waals surface area contributed by atoms with Crippen LogP contribution in [-0.4, -0.2) is 20.4 Å². The van der Waals surface area contributed by atoms with E-state index in [0.29, 0.717) is 6.04 Å². The molecule has 0 radical (unpaired) electrons. The largest absolute Gasteiger partial charge is 0.493 e. The number of hydrogen-bond acceptors (Lipinski definition) is 4. The number of benzene rings is 1. The zero-order valence-corrected chi connectivity index (χ0v) is 8.58. The number of hydrogen-bond donors (Lipinski definition) is 1. The normalized spacial score (nSPS) is 22.3. The van der Waals surface area contributed by atoms with Gasteiger partial charge in [-0.05, 0) is 30.7 Å². The predicted octanol–water partition coefficient (Wildman–Crippen LogP) is 1.46. The summed E-state index contributed by atoms with van der Waals surface area (Å²) in [5.74, 6) is 2.27. The van der Waals surface area contributed by atoms with Crippen LogP contribution >= 0.6 is 0 Å². The van der Waals surface area contributed by atoms with E-state index in [1.54, 1.807) is 7.11 Å². The molecule has 80 valence electrons. The van der Waals surface area contributed by atoms with E-state index >= 15 is 0 Å². The minimum Gasteiger partial charge on any atom is -0.493 e. The van der Waals surface area contributed by atoms with Crippen LogP contribution in [0.4, 0.5) is 0 Å². The van der Waals surface area contributed by atoms with Gasteiger partial charge in [0, 0.05) is 6.04 Å². The summed E-state index contributed by atoms with van der Waals surface area (Å²) in [6.07, 6.45) is 1.17. The van der Waals surface area contributed by atoms with E-state index in [2.05, 4.69) is 5.32 Å². The van der Waals surface area contributed by atoms with Crippen LogP contribution in [0.5, 0.6) is 17.2 Å². The highest BCUT2D eigenvalue weighted by molar-refractivity contribution is 5.55. The molecule has 3 rings (SSSR count). The van der Waals surface area contributed by atoms with E-state index in [9.17, 15) is 0 Å². The van der Waals surface area contributed by atoms with Crippen LogP contribution in [0.25, 0.3) is 0 Å². The molecule has 1 aromatic rings. The molecular formula is C11H13NO3. The van der Waals surface area contributed by atoms with Gasteiger partial charge < -0.3 is 19.5 Å². The molecule has 1 atom stereocenters. The van der Waals surface area contributed by atoms with Crippen molar-refractivity contribution < 1.29 is 14.2 Å². The van der Waals surface area contributed by atoms with Gasteiger partial charge in [-0.15, -0.1) is 0 Å². The lowest BCUT2D eigenvalue weighted by Crippen LogP contribution is -2.34. The van der Waals surface area contributed by atoms with Crippen molar-refractivity contribution in [1.82, 2.24) is 5.32 Å². The first kappa shape index (κ1) is 8.85. The smallest absolute Gasteiger partial charge is 0.231 e. The molecule has 0 saturated carbocycles. The Hall–Kier alpha value is -1.42. The maximum Gasteiger partial charge on any atom is 0.231 e. The Balaban J connectivity index is 2.02. The van der Waals surface area contributed by atoms with E-state index in [-0.39, 0.29) is 6.79 Å². The minimum atomic E-state index is 0.285. The summed E-state index contributed by atoms with van der Waals surface area (Å²) in [5.41, 5.74) is 1.21. The van der Waals surface area contributed by atoms with Crippen LogP contribution in [0.1, 0.15) is 18.0 Å². The summed E-state index contributed by atoms with van der Waals surface area (Å²) in [6, 6.07) is 4.49. The fourth-order valence-electron chi connectivity index (χ4n) is 1.92. The molecular weight excluding hydrogens is 194 g/mol. The second-order valence-electron chi connectivity index (χ2n) is 3.75. The van der Waals surface area contributed by atoms with Gasteiger partial charge in [0.2, 0.25) is 12.5 Å². The van der Waals surface area contributed by atoms with Gasteiger partial charge in [0.15, 0.2) is 11.5 Å². The monoisotopic (exact) mass is 207 g/mol. The molecule has 1 fully saturated rings. The number of ether oxygens (including phenoxy) is 3. The third-order valence-corrected chi connectivity index (χ3v) is 2.91. The highest BCUT2D eigenvalue weighted by Crippen LogP contribution is 2.43. The molecule has 0 amide bonds. The second kappa shape index (κ2) is 3.31. The topological polar surface area (TPSA) is 39.7 Å². The summed E-state index contributed by atoms with van der Waals surface area (Å²) in [7, 11) is 1.65. The van der Waals surface area contributed by atoms with Gasteiger partial charge in [0.1, 0.15) is 0 Å². The first-order valence-electron chi connectivity index (χ1n) is 5.09. The van der Waals surface area contributed by atoms with Crippen LogP contribution < -0.4 is 19.5 Å². The summed E-state index contributed by atoms with van der Waals surface area (Å²) in [4.78, 5) is 0. The van der Waals surface area contributed by atoms with Gasteiger partial charge in [0.05, 0.1) is 7.11 Å². The molecule has 15 heavy (non-hydrogen) atoms. The van der Waals surface area contributed by atoms with Crippen molar-refractivity contribution in [2.75, 3.05) is 20.4 Å². The Morgan fingerprint density at radius 2 is 2.27 bits per heavy atom. The number of nitrogens with one attached hydrogen (secondary N) is 1. The highest BCUT2D eigenvalue weighted by Gasteiger charge is 2.25. The maximum absolute atomic E-state index is 5.37. The van der Waals surface area contributed by atoms with Crippen molar-refractivity contribution in [3.63, 3.8) is 0 Å². The van der Waals surface area contributed by atoms with E-state index in [1.807, 2.05) is 12.1 Å². The Kier molecular flexibility index (Phi) is 1.95. The SMILES string of the molecule is COc1cc([C@@H]2CCN2)cc2c1OCO2. The fourth-order valence-corrected chi connectivity index (χ4v) is 1.92. The lowest BCUT2D eigenvalue weighted by atomic mass is 9.97. The van der Waals surface area contributed by atoms with Crippen LogP contribution in [0.3, 0.4) is 0 Å². The first-order valence-corrected chi connectivity index (χ1v) is 5.09. The van der Waals surface area contributed by atoms with Crippen molar-refractivity contribution >= 4 is 0 Å². The zero-order chi connectivity index (χ0) is 10.3. The second-order valence-corrected chi connectivity index (χ2v) is 3.75. The van der Waals surface area contributed by atoms with Crippen LogP contribution in [0, 0.1) is 0 Å². The van der Waals surface area contributed by atoms with Gasteiger partial charge >= 0.3 is 0 Å². The first-order chi connectivity index (χ1) is 7.38. The molecule has 2 aliphatic heterocycles. The number of fused-ring (bicyclic) bond motifs is 1. The third-order valence-electron chi connectivity index (χ3n) is 2.91. The van der Waals surface area contributed by atoms with Gasteiger partial charge in [-0.2, -0.15) is 0 Å². The molecule has 1 aromatic carbocycles. The van der Waals surface area contributed by atoms with Crippen molar-refractivity contribution in [3.05, 3.63) is 17.7 Å². The fraction of sp³-hybridized carbons (Fsp3) is 0.455. The Labute approximate surface area is 88.1 Å². The molecule has 1 N–H and O–H groups in total. The lowest BCUT2D eigenvalue weighted by molar-refractivity contribution is 0.171. The highest BCUT2D eigenvalue weighted by atomic mass is 16.7. The number of methoxy groups -OCH3 is 1. The van der Waals surface area contributed by atoms with Crippen molar-refractivity contribution in [3.8, 4) is 17.2 Å². The van der Waals surface area contributed by atoms with Crippen LogP contribution in [-0.2, 0) is 0 Å². The molecule has 0 spiro atoms. The molecule has 4 heteroatoms. The molecule has 0 bridgehead atoms. The Morgan fingerprint density at radius 1 is 1.40 bits per heavy atom. The molecule has 2 heterocycles. The number of rotatable bonds is 2. The minimum absolute atomic E-state index is 0.285. The average Bonchev–Trinajstić information content (AvgIpc) is 2.61. The Morgan fingerprint density at radius 3 is 2.93 bits per heavy atom. The van der Waals surface area contributed by atoms with E-state index in [4.69, 9.17) is 14.2 Å². The maximum atomic E-state index is 5.37. The molecule has 0 aromatic heterocycles. The van der Waals surface area contributed by atoms with Crippen molar-refractivity contribution in [2.24, 2.45) is 0 Å². The molecule has 0 aliphatic carbocycles. The lowest BCUT2D eigenvalue weighted by Gasteiger charge is -2.28. The molecule has 1 saturated heterocycles. The van der Waals surface area contributed by atoms with E-state index < -0.39 is 0 Å².